The number of benzene rings is 1. The Morgan fingerprint density at radius 1 is 1.24 bits per heavy atom. The molecule has 0 amide bonds. The lowest BCUT2D eigenvalue weighted by Crippen LogP contribution is -2.05. The maximum absolute atomic E-state index is 13.8. The first-order valence-electron chi connectivity index (χ1n) is 6.38. The second-order valence-corrected chi connectivity index (χ2v) is 4.34. The van der Waals surface area contributed by atoms with E-state index in [1.54, 1.807) is 0 Å². The van der Waals surface area contributed by atoms with Gasteiger partial charge in [-0.1, -0.05) is 13.0 Å². The molecule has 2 aromatic rings. The van der Waals surface area contributed by atoms with E-state index in [-0.39, 0.29) is 5.69 Å². The molecular formula is C14H13F2N3O2. The smallest absolute Gasteiger partial charge is 0.295 e. The second kappa shape index (κ2) is 6.25. The number of pyridine rings is 1. The van der Waals surface area contributed by atoms with Crippen LogP contribution < -0.4 is 5.32 Å². The molecule has 0 saturated carbocycles. The molecular weight excluding hydrogens is 280 g/mol. The Balaban J connectivity index is 2.61. The third-order valence-electron chi connectivity index (χ3n) is 2.83. The van der Waals surface area contributed by atoms with Crippen molar-refractivity contribution in [3.8, 4) is 11.3 Å². The predicted molar refractivity (Wildman–Crippen MR) is 75.0 cm³/mol. The maximum Gasteiger partial charge on any atom is 0.295 e. The minimum Gasteiger partial charge on any atom is -0.370 e. The van der Waals surface area contributed by atoms with Crippen LogP contribution in [0.2, 0.25) is 0 Å². The Labute approximate surface area is 119 Å². The summed E-state index contributed by atoms with van der Waals surface area (Å²) in [4.78, 5) is 14.3. The van der Waals surface area contributed by atoms with Gasteiger partial charge >= 0.3 is 0 Å². The number of hydrogen-bond acceptors (Lipinski definition) is 4. The summed E-state index contributed by atoms with van der Waals surface area (Å²) in [5.41, 5.74) is -1.26. The fourth-order valence-corrected chi connectivity index (χ4v) is 1.86. The first-order valence-corrected chi connectivity index (χ1v) is 6.38. The summed E-state index contributed by atoms with van der Waals surface area (Å²) in [6.45, 7) is 2.54. The molecule has 0 unspecified atom stereocenters. The monoisotopic (exact) mass is 293 g/mol. The van der Waals surface area contributed by atoms with Crippen molar-refractivity contribution in [3.63, 3.8) is 0 Å². The average molecular weight is 293 g/mol. The van der Waals surface area contributed by atoms with Crippen LogP contribution in [0.5, 0.6) is 0 Å². The number of rotatable bonds is 5. The first-order chi connectivity index (χ1) is 10.0. The van der Waals surface area contributed by atoms with Crippen LogP contribution >= 0.6 is 0 Å². The van der Waals surface area contributed by atoms with Gasteiger partial charge in [-0.3, -0.25) is 10.1 Å². The zero-order valence-corrected chi connectivity index (χ0v) is 11.3. The highest BCUT2D eigenvalue weighted by Crippen LogP contribution is 2.32. The SMILES string of the molecule is CCCNc1ccc([N+](=O)[O-])c(-c2c(F)cccc2F)n1. The molecule has 21 heavy (non-hydrogen) atoms. The minimum atomic E-state index is -0.891. The van der Waals surface area contributed by atoms with Gasteiger partial charge in [0.25, 0.3) is 5.69 Å². The lowest BCUT2D eigenvalue weighted by molar-refractivity contribution is -0.384. The summed E-state index contributed by atoms with van der Waals surface area (Å²) in [5, 5.41) is 14.0. The Hall–Kier alpha value is -2.57. The normalized spacial score (nSPS) is 10.4. The molecule has 2 rings (SSSR count). The summed E-state index contributed by atoms with van der Waals surface area (Å²) in [6, 6.07) is 5.87. The van der Waals surface area contributed by atoms with Crippen LogP contribution in [0, 0.1) is 21.7 Å². The van der Waals surface area contributed by atoms with Crippen molar-refractivity contribution in [2.45, 2.75) is 13.3 Å². The fourth-order valence-electron chi connectivity index (χ4n) is 1.86. The van der Waals surface area contributed by atoms with Crippen LogP contribution in [0.4, 0.5) is 20.3 Å². The van der Waals surface area contributed by atoms with E-state index >= 15 is 0 Å². The molecule has 5 nitrogen and oxygen atoms in total. The lowest BCUT2D eigenvalue weighted by Gasteiger charge is -2.09. The Kier molecular flexibility index (Phi) is 4.42. The third kappa shape index (κ3) is 3.13. The van der Waals surface area contributed by atoms with Gasteiger partial charge in [-0.2, -0.15) is 0 Å². The summed E-state index contributed by atoms with van der Waals surface area (Å²) in [5.74, 6) is -1.45. The maximum atomic E-state index is 13.8. The van der Waals surface area contributed by atoms with Gasteiger partial charge < -0.3 is 5.32 Å². The number of anilines is 1. The molecule has 1 aromatic heterocycles. The van der Waals surface area contributed by atoms with Crippen LogP contribution in [0.15, 0.2) is 30.3 Å². The molecule has 0 atom stereocenters. The Bertz CT molecular complexity index is 657. The molecule has 7 heteroatoms. The van der Waals surface area contributed by atoms with Crippen molar-refractivity contribution in [2.75, 3.05) is 11.9 Å². The van der Waals surface area contributed by atoms with Crippen molar-refractivity contribution in [2.24, 2.45) is 0 Å². The van der Waals surface area contributed by atoms with E-state index in [1.807, 2.05) is 6.92 Å². The Morgan fingerprint density at radius 3 is 2.48 bits per heavy atom. The summed E-state index contributed by atoms with van der Waals surface area (Å²) >= 11 is 0. The van der Waals surface area contributed by atoms with E-state index in [0.717, 1.165) is 18.6 Å². The van der Waals surface area contributed by atoms with Crippen molar-refractivity contribution in [1.29, 1.82) is 0 Å². The van der Waals surface area contributed by atoms with Crippen molar-refractivity contribution in [1.82, 2.24) is 4.98 Å². The topological polar surface area (TPSA) is 68.1 Å². The quantitative estimate of drug-likeness (QED) is 0.673. The lowest BCUT2D eigenvalue weighted by atomic mass is 10.1. The molecule has 0 fully saturated rings. The van der Waals surface area contributed by atoms with Gasteiger partial charge in [-0.15, -0.1) is 0 Å². The average Bonchev–Trinajstić information content (AvgIpc) is 2.45. The molecule has 0 spiro atoms. The molecule has 1 heterocycles. The van der Waals surface area contributed by atoms with E-state index in [0.29, 0.717) is 12.4 Å². The van der Waals surface area contributed by atoms with Crippen molar-refractivity contribution < 1.29 is 13.7 Å². The van der Waals surface area contributed by atoms with Gasteiger partial charge in [0.1, 0.15) is 17.5 Å². The van der Waals surface area contributed by atoms with E-state index in [2.05, 4.69) is 10.3 Å². The molecule has 0 radical (unpaired) electrons. The zero-order valence-electron chi connectivity index (χ0n) is 11.3. The van der Waals surface area contributed by atoms with Crippen molar-refractivity contribution in [3.05, 3.63) is 52.1 Å². The molecule has 0 aliphatic heterocycles. The fraction of sp³-hybridized carbons (Fsp3) is 0.214. The van der Waals surface area contributed by atoms with E-state index in [1.165, 1.54) is 18.2 Å². The largest absolute Gasteiger partial charge is 0.370 e. The number of nitrogens with one attached hydrogen (secondary N) is 1. The molecule has 1 N–H and O–H groups in total. The van der Waals surface area contributed by atoms with Crippen LogP contribution in [0.3, 0.4) is 0 Å². The molecule has 0 saturated heterocycles. The number of halogens is 2. The van der Waals surface area contributed by atoms with E-state index in [9.17, 15) is 18.9 Å². The van der Waals surface area contributed by atoms with Gasteiger partial charge in [0.2, 0.25) is 0 Å². The third-order valence-corrected chi connectivity index (χ3v) is 2.83. The molecule has 0 bridgehead atoms. The molecule has 110 valence electrons. The van der Waals surface area contributed by atoms with E-state index in [4.69, 9.17) is 0 Å². The number of hydrogen-bond donors (Lipinski definition) is 1. The van der Waals surface area contributed by atoms with Gasteiger partial charge in [-0.05, 0) is 24.6 Å². The predicted octanol–water partition coefficient (Wildman–Crippen LogP) is 3.76. The highest BCUT2D eigenvalue weighted by molar-refractivity contribution is 5.72. The van der Waals surface area contributed by atoms with Gasteiger partial charge in [-0.25, -0.2) is 13.8 Å². The second-order valence-electron chi connectivity index (χ2n) is 4.34. The zero-order chi connectivity index (χ0) is 15.4. The molecule has 1 aromatic carbocycles. The first kappa shape index (κ1) is 14.8. The highest BCUT2D eigenvalue weighted by Gasteiger charge is 2.23. The van der Waals surface area contributed by atoms with E-state index < -0.39 is 27.8 Å². The van der Waals surface area contributed by atoms with Gasteiger partial charge in [0, 0.05) is 12.6 Å². The number of nitrogens with zero attached hydrogens (tertiary/aromatic N) is 2. The van der Waals surface area contributed by atoms with Crippen LogP contribution in [0.1, 0.15) is 13.3 Å². The van der Waals surface area contributed by atoms with Crippen LogP contribution in [-0.2, 0) is 0 Å². The molecule has 0 aliphatic carbocycles. The van der Waals surface area contributed by atoms with Crippen molar-refractivity contribution >= 4 is 11.5 Å². The Morgan fingerprint density at radius 2 is 1.90 bits per heavy atom. The van der Waals surface area contributed by atoms with Crippen LogP contribution in [-0.4, -0.2) is 16.5 Å². The summed E-state index contributed by atoms with van der Waals surface area (Å²) in [6.07, 6.45) is 0.821. The standard InChI is InChI=1S/C14H13F2N3O2/c1-2-8-17-12-7-6-11(19(20)21)14(18-12)13-9(15)4-3-5-10(13)16/h3-7H,2,8H2,1H3,(H,17,18). The minimum absolute atomic E-state index is 0.322. The summed E-state index contributed by atoms with van der Waals surface area (Å²) in [7, 11) is 0. The molecule has 0 aliphatic rings. The highest BCUT2D eigenvalue weighted by atomic mass is 19.1. The van der Waals surface area contributed by atoms with Gasteiger partial charge in [0.05, 0.1) is 10.5 Å². The number of aromatic nitrogens is 1. The van der Waals surface area contributed by atoms with Crippen LogP contribution in [0.25, 0.3) is 11.3 Å². The summed E-state index contributed by atoms with van der Waals surface area (Å²) < 4.78 is 27.7. The van der Waals surface area contributed by atoms with Gasteiger partial charge in [0.15, 0.2) is 5.69 Å². The number of nitro groups is 1.